The van der Waals surface area contributed by atoms with E-state index >= 15 is 0 Å². The Morgan fingerprint density at radius 2 is 1.95 bits per heavy atom. The Kier molecular flexibility index (Phi) is 6.03. The molecule has 112 valence electrons. The van der Waals surface area contributed by atoms with Crippen molar-refractivity contribution >= 4 is 0 Å². The van der Waals surface area contributed by atoms with Crippen LogP contribution in [0.1, 0.15) is 59.8 Å². The van der Waals surface area contributed by atoms with Gasteiger partial charge < -0.3 is 5.73 Å². The molecule has 3 heteroatoms. The van der Waals surface area contributed by atoms with Gasteiger partial charge in [-0.3, -0.25) is 10.2 Å². The summed E-state index contributed by atoms with van der Waals surface area (Å²) in [6, 6.07) is 0. The molecule has 0 amide bonds. The number of likely N-dealkylation sites (N-methyl/N-ethyl adjacent to an activating group) is 1. The fraction of sp³-hybridized carbons (Fsp3) is 0.875. The van der Waals surface area contributed by atoms with Crippen molar-refractivity contribution in [1.29, 1.82) is 0 Å². The Labute approximate surface area is 119 Å². The summed E-state index contributed by atoms with van der Waals surface area (Å²) < 4.78 is 0. The summed E-state index contributed by atoms with van der Waals surface area (Å²) in [6.45, 7) is 10.7. The maximum Gasteiger partial charge on any atom is 0.0484 e. The number of nitrogens with two attached hydrogens (primary N) is 1. The van der Waals surface area contributed by atoms with Crippen LogP contribution in [-0.2, 0) is 0 Å². The second-order valence-corrected chi connectivity index (χ2v) is 7.51. The lowest BCUT2D eigenvalue weighted by molar-refractivity contribution is 0.228. The minimum atomic E-state index is -0.124. The Balaban J connectivity index is 2.32. The zero-order chi connectivity index (χ0) is 14.5. The molecule has 0 aromatic rings. The largest absolute Gasteiger partial charge is 0.325 e. The third-order valence-electron chi connectivity index (χ3n) is 3.58. The lowest BCUT2D eigenvalue weighted by atomic mass is 9.88. The Bertz CT molecular complexity index is 300. The molecule has 1 aliphatic rings. The van der Waals surface area contributed by atoms with Crippen LogP contribution in [0.5, 0.6) is 0 Å². The van der Waals surface area contributed by atoms with Gasteiger partial charge in [-0.15, -0.1) is 0 Å². The highest BCUT2D eigenvalue weighted by molar-refractivity contribution is 5.06. The van der Waals surface area contributed by atoms with Crippen molar-refractivity contribution in [2.45, 2.75) is 70.9 Å². The molecule has 0 heterocycles. The predicted octanol–water partition coefficient (Wildman–Crippen LogP) is 2.87. The minimum Gasteiger partial charge on any atom is -0.325 e. The van der Waals surface area contributed by atoms with Gasteiger partial charge in [0.2, 0.25) is 0 Å². The third-order valence-corrected chi connectivity index (χ3v) is 3.58. The van der Waals surface area contributed by atoms with Crippen LogP contribution in [0.2, 0.25) is 0 Å². The van der Waals surface area contributed by atoms with E-state index < -0.39 is 0 Å². The van der Waals surface area contributed by atoms with Crippen molar-refractivity contribution in [3.05, 3.63) is 11.6 Å². The van der Waals surface area contributed by atoms with Gasteiger partial charge in [0.25, 0.3) is 0 Å². The Hall–Kier alpha value is -0.380. The first-order valence-electron chi connectivity index (χ1n) is 7.58. The fourth-order valence-electron chi connectivity index (χ4n) is 3.00. The van der Waals surface area contributed by atoms with Gasteiger partial charge in [-0.25, -0.2) is 0 Å². The van der Waals surface area contributed by atoms with Crippen LogP contribution in [0.4, 0.5) is 0 Å². The van der Waals surface area contributed by atoms with Gasteiger partial charge in [-0.2, -0.15) is 0 Å². The quantitative estimate of drug-likeness (QED) is 0.550. The molecule has 0 spiro atoms. The first-order chi connectivity index (χ1) is 8.68. The van der Waals surface area contributed by atoms with E-state index in [1.165, 1.54) is 25.7 Å². The number of hydrogen-bond donors (Lipinski definition) is 2. The van der Waals surface area contributed by atoms with Gasteiger partial charge in [-0.05, 0) is 66.8 Å². The SMILES string of the molecule is CN(CNC(C)(C)CC(C)(C)N)CC1=CCCCC1. The molecule has 0 radical (unpaired) electrons. The van der Waals surface area contributed by atoms with Crippen LogP contribution in [0.3, 0.4) is 0 Å². The molecule has 3 nitrogen and oxygen atoms in total. The second kappa shape index (κ2) is 6.87. The first-order valence-corrected chi connectivity index (χ1v) is 7.58. The van der Waals surface area contributed by atoms with E-state index in [2.05, 4.69) is 51.0 Å². The van der Waals surface area contributed by atoms with Crippen molar-refractivity contribution in [3.63, 3.8) is 0 Å². The summed E-state index contributed by atoms with van der Waals surface area (Å²) in [6.07, 6.45) is 8.67. The Morgan fingerprint density at radius 3 is 2.47 bits per heavy atom. The van der Waals surface area contributed by atoms with Gasteiger partial charge in [-0.1, -0.05) is 11.6 Å². The molecule has 3 N–H and O–H groups in total. The van der Waals surface area contributed by atoms with Gasteiger partial charge >= 0.3 is 0 Å². The van der Waals surface area contributed by atoms with E-state index in [4.69, 9.17) is 5.73 Å². The maximum absolute atomic E-state index is 6.11. The number of nitrogens with zero attached hydrogens (tertiary/aromatic N) is 1. The second-order valence-electron chi connectivity index (χ2n) is 7.51. The molecule has 0 bridgehead atoms. The lowest BCUT2D eigenvalue weighted by Crippen LogP contribution is -2.51. The summed E-state index contributed by atoms with van der Waals surface area (Å²) in [5.41, 5.74) is 7.67. The number of rotatable bonds is 7. The fourth-order valence-corrected chi connectivity index (χ4v) is 3.00. The highest BCUT2D eigenvalue weighted by Gasteiger charge is 2.25. The summed E-state index contributed by atoms with van der Waals surface area (Å²) in [7, 11) is 2.19. The van der Waals surface area contributed by atoms with Gasteiger partial charge in [0.15, 0.2) is 0 Å². The zero-order valence-corrected chi connectivity index (χ0v) is 13.6. The van der Waals surface area contributed by atoms with Gasteiger partial charge in [0.05, 0.1) is 0 Å². The molecule has 0 unspecified atom stereocenters. The standard InChI is InChI=1S/C16H33N3/c1-15(2,17)12-16(3,4)18-13-19(5)11-14-9-7-6-8-10-14/h9,18H,6-8,10-13,17H2,1-5H3. The van der Waals surface area contributed by atoms with Gasteiger partial charge in [0.1, 0.15) is 0 Å². The van der Waals surface area contributed by atoms with E-state index in [1.807, 2.05) is 0 Å². The molecule has 19 heavy (non-hydrogen) atoms. The van der Waals surface area contributed by atoms with E-state index in [0.717, 1.165) is 19.6 Å². The highest BCUT2D eigenvalue weighted by atomic mass is 15.2. The average molecular weight is 267 g/mol. The predicted molar refractivity (Wildman–Crippen MR) is 84.1 cm³/mol. The maximum atomic E-state index is 6.11. The van der Waals surface area contributed by atoms with Crippen molar-refractivity contribution in [2.75, 3.05) is 20.3 Å². The van der Waals surface area contributed by atoms with E-state index in [1.54, 1.807) is 5.57 Å². The topological polar surface area (TPSA) is 41.3 Å². The highest BCUT2D eigenvalue weighted by Crippen LogP contribution is 2.19. The summed E-state index contributed by atoms with van der Waals surface area (Å²) in [4.78, 5) is 2.36. The van der Waals surface area contributed by atoms with Crippen LogP contribution in [-0.4, -0.2) is 36.2 Å². The molecule has 0 aromatic carbocycles. The van der Waals surface area contributed by atoms with Crippen LogP contribution >= 0.6 is 0 Å². The molecule has 0 saturated carbocycles. The summed E-state index contributed by atoms with van der Waals surface area (Å²) in [5, 5.41) is 3.62. The minimum absolute atomic E-state index is 0.0768. The van der Waals surface area contributed by atoms with Crippen molar-refractivity contribution < 1.29 is 0 Å². The molecular weight excluding hydrogens is 234 g/mol. The van der Waals surface area contributed by atoms with Crippen molar-refractivity contribution in [1.82, 2.24) is 10.2 Å². The van der Waals surface area contributed by atoms with E-state index in [9.17, 15) is 0 Å². The molecular formula is C16H33N3. The van der Waals surface area contributed by atoms with E-state index in [-0.39, 0.29) is 11.1 Å². The molecule has 0 atom stereocenters. The monoisotopic (exact) mass is 267 g/mol. The summed E-state index contributed by atoms with van der Waals surface area (Å²) in [5.74, 6) is 0. The number of allylic oxidation sites excluding steroid dienone is 1. The molecule has 0 saturated heterocycles. The van der Waals surface area contributed by atoms with Crippen LogP contribution < -0.4 is 11.1 Å². The van der Waals surface area contributed by atoms with Crippen molar-refractivity contribution in [3.8, 4) is 0 Å². The molecule has 0 aromatic heterocycles. The lowest BCUT2D eigenvalue weighted by Gasteiger charge is -2.35. The van der Waals surface area contributed by atoms with Crippen LogP contribution in [0.15, 0.2) is 11.6 Å². The van der Waals surface area contributed by atoms with E-state index in [0.29, 0.717) is 0 Å². The number of nitrogens with one attached hydrogen (secondary N) is 1. The number of hydrogen-bond acceptors (Lipinski definition) is 3. The molecule has 1 aliphatic carbocycles. The third kappa shape index (κ3) is 7.71. The smallest absolute Gasteiger partial charge is 0.0484 e. The molecule has 0 aliphatic heterocycles. The normalized spacial score (nSPS) is 17.7. The first kappa shape index (κ1) is 16.7. The molecule has 0 fully saturated rings. The average Bonchev–Trinajstić information content (AvgIpc) is 2.25. The van der Waals surface area contributed by atoms with Crippen LogP contribution in [0.25, 0.3) is 0 Å². The van der Waals surface area contributed by atoms with Crippen molar-refractivity contribution in [2.24, 2.45) is 5.73 Å². The summed E-state index contributed by atoms with van der Waals surface area (Å²) >= 11 is 0. The van der Waals surface area contributed by atoms with Gasteiger partial charge in [0, 0.05) is 24.3 Å². The molecule has 1 rings (SSSR count). The van der Waals surface area contributed by atoms with Crippen LogP contribution in [0, 0.1) is 0 Å². The Morgan fingerprint density at radius 1 is 1.26 bits per heavy atom. The zero-order valence-electron chi connectivity index (χ0n) is 13.6.